The van der Waals surface area contributed by atoms with Gasteiger partial charge >= 0.3 is 0 Å². The van der Waals surface area contributed by atoms with Crippen molar-refractivity contribution in [1.29, 1.82) is 0 Å². The molecule has 1 aliphatic rings. The number of hydrogen-bond acceptors (Lipinski definition) is 3. The Morgan fingerprint density at radius 2 is 1.95 bits per heavy atom. The minimum absolute atomic E-state index is 0.227. The van der Waals surface area contributed by atoms with Gasteiger partial charge in [0.2, 0.25) is 0 Å². The van der Waals surface area contributed by atoms with Crippen molar-refractivity contribution in [2.24, 2.45) is 5.41 Å². The van der Waals surface area contributed by atoms with Crippen LogP contribution in [-0.2, 0) is 6.54 Å². The van der Waals surface area contributed by atoms with E-state index in [4.69, 9.17) is 4.74 Å². The molecule has 1 saturated heterocycles. The van der Waals surface area contributed by atoms with E-state index in [2.05, 4.69) is 18.7 Å². The monoisotopic (exact) mass is 263 g/mol. The third-order valence-electron chi connectivity index (χ3n) is 3.94. The molecule has 0 saturated carbocycles. The van der Waals surface area contributed by atoms with Crippen LogP contribution in [0.4, 0.5) is 0 Å². The fourth-order valence-corrected chi connectivity index (χ4v) is 2.50. The molecule has 0 radical (unpaired) electrons. The fourth-order valence-electron chi connectivity index (χ4n) is 2.50. The van der Waals surface area contributed by atoms with Gasteiger partial charge in [-0.05, 0) is 56.0 Å². The van der Waals surface area contributed by atoms with Crippen molar-refractivity contribution in [3.63, 3.8) is 0 Å². The third kappa shape index (κ3) is 3.87. The van der Waals surface area contributed by atoms with Crippen LogP contribution in [-0.4, -0.2) is 29.7 Å². The van der Waals surface area contributed by atoms with Crippen molar-refractivity contribution in [3.05, 3.63) is 23.8 Å². The molecule has 1 aromatic carbocycles. The van der Waals surface area contributed by atoms with E-state index in [0.29, 0.717) is 17.8 Å². The van der Waals surface area contributed by atoms with Gasteiger partial charge in [-0.25, -0.2) is 0 Å². The van der Waals surface area contributed by atoms with Crippen LogP contribution in [0.1, 0.15) is 39.2 Å². The third-order valence-corrected chi connectivity index (χ3v) is 3.94. The molecular formula is C16H25NO2. The molecule has 19 heavy (non-hydrogen) atoms. The van der Waals surface area contributed by atoms with Gasteiger partial charge < -0.3 is 9.84 Å². The normalized spacial score (nSPS) is 19.3. The van der Waals surface area contributed by atoms with Crippen LogP contribution in [0, 0.1) is 5.41 Å². The number of hydrogen-bond donors (Lipinski definition) is 1. The Balaban J connectivity index is 1.98. The second-order valence-corrected chi connectivity index (χ2v) is 6.18. The van der Waals surface area contributed by atoms with E-state index in [9.17, 15) is 5.11 Å². The average molecular weight is 263 g/mol. The van der Waals surface area contributed by atoms with Crippen molar-refractivity contribution in [2.45, 2.75) is 40.2 Å². The van der Waals surface area contributed by atoms with Crippen molar-refractivity contribution in [3.8, 4) is 11.5 Å². The quantitative estimate of drug-likeness (QED) is 0.903. The summed E-state index contributed by atoms with van der Waals surface area (Å²) >= 11 is 0. The lowest BCUT2D eigenvalue weighted by Gasteiger charge is -2.36. The van der Waals surface area contributed by atoms with E-state index >= 15 is 0 Å². The zero-order valence-corrected chi connectivity index (χ0v) is 12.3. The molecule has 0 atom stereocenters. The summed E-state index contributed by atoms with van der Waals surface area (Å²) in [7, 11) is 0. The largest absolute Gasteiger partial charge is 0.504 e. The first-order valence-corrected chi connectivity index (χ1v) is 7.17. The molecule has 1 N–H and O–H groups in total. The number of rotatable bonds is 4. The van der Waals surface area contributed by atoms with Crippen LogP contribution in [0.2, 0.25) is 0 Å². The molecule has 3 nitrogen and oxygen atoms in total. The summed E-state index contributed by atoms with van der Waals surface area (Å²) in [5.41, 5.74) is 1.70. The summed E-state index contributed by atoms with van der Waals surface area (Å²) in [5, 5.41) is 9.70. The van der Waals surface area contributed by atoms with E-state index in [0.717, 1.165) is 19.6 Å². The Kier molecular flexibility index (Phi) is 4.35. The molecule has 2 rings (SSSR count). The van der Waals surface area contributed by atoms with Gasteiger partial charge in [0.1, 0.15) is 0 Å². The number of ether oxygens (including phenoxy) is 1. The van der Waals surface area contributed by atoms with Gasteiger partial charge in [-0.2, -0.15) is 0 Å². The van der Waals surface area contributed by atoms with Crippen LogP contribution in [0.15, 0.2) is 18.2 Å². The lowest BCUT2D eigenvalue weighted by molar-refractivity contribution is 0.127. The molecule has 1 aliphatic heterocycles. The summed E-state index contributed by atoms with van der Waals surface area (Å²) in [6, 6.07) is 5.67. The summed E-state index contributed by atoms with van der Waals surface area (Å²) in [6.07, 6.45) is 2.51. The maximum atomic E-state index is 9.70. The van der Waals surface area contributed by atoms with Crippen molar-refractivity contribution in [1.82, 2.24) is 4.90 Å². The molecule has 1 fully saturated rings. The molecule has 0 spiro atoms. The van der Waals surface area contributed by atoms with E-state index < -0.39 is 0 Å². The molecule has 0 unspecified atom stereocenters. The van der Waals surface area contributed by atoms with Gasteiger partial charge in [-0.15, -0.1) is 0 Å². The number of piperidine rings is 1. The molecule has 3 heteroatoms. The maximum Gasteiger partial charge on any atom is 0.161 e. The fraction of sp³-hybridized carbons (Fsp3) is 0.625. The molecule has 0 bridgehead atoms. The summed E-state index contributed by atoms with van der Waals surface area (Å²) in [4.78, 5) is 2.48. The van der Waals surface area contributed by atoms with Crippen LogP contribution in [0.3, 0.4) is 0 Å². The van der Waals surface area contributed by atoms with Crippen LogP contribution in [0.5, 0.6) is 11.5 Å². The average Bonchev–Trinajstić information content (AvgIpc) is 2.36. The standard InChI is InChI=1S/C16H25NO2/c1-4-19-15-11-13(5-6-14(15)18)12-17-9-7-16(2,3)8-10-17/h5-6,11,18H,4,7-10,12H2,1-3H3. The van der Waals surface area contributed by atoms with Gasteiger partial charge in [0.05, 0.1) is 6.61 Å². The molecular weight excluding hydrogens is 238 g/mol. The number of benzene rings is 1. The topological polar surface area (TPSA) is 32.7 Å². The molecule has 1 aromatic rings. The number of nitrogens with zero attached hydrogens (tertiary/aromatic N) is 1. The maximum absolute atomic E-state index is 9.70. The molecule has 0 aromatic heterocycles. The zero-order chi connectivity index (χ0) is 13.9. The Bertz CT molecular complexity index is 419. The number of likely N-dealkylation sites (tertiary alicyclic amines) is 1. The number of phenols is 1. The summed E-state index contributed by atoms with van der Waals surface area (Å²) in [5.74, 6) is 0.822. The predicted molar refractivity (Wildman–Crippen MR) is 77.6 cm³/mol. The van der Waals surface area contributed by atoms with E-state index in [1.165, 1.54) is 18.4 Å². The Morgan fingerprint density at radius 1 is 1.26 bits per heavy atom. The highest BCUT2D eigenvalue weighted by molar-refractivity contribution is 5.41. The van der Waals surface area contributed by atoms with E-state index in [1.54, 1.807) is 6.07 Å². The van der Waals surface area contributed by atoms with Crippen molar-refractivity contribution >= 4 is 0 Å². The van der Waals surface area contributed by atoms with Gasteiger partial charge in [0.25, 0.3) is 0 Å². The van der Waals surface area contributed by atoms with Gasteiger partial charge in [0.15, 0.2) is 11.5 Å². The SMILES string of the molecule is CCOc1cc(CN2CCC(C)(C)CC2)ccc1O. The molecule has 1 heterocycles. The van der Waals surface area contributed by atoms with Crippen LogP contribution in [0.25, 0.3) is 0 Å². The Hall–Kier alpha value is -1.22. The number of aromatic hydroxyl groups is 1. The lowest BCUT2D eigenvalue weighted by Crippen LogP contribution is -2.36. The van der Waals surface area contributed by atoms with Crippen LogP contribution < -0.4 is 4.74 Å². The Labute approximate surface area is 116 Å². The highest BCUT2D eigenvalue weighted by Gasteiger charge is 2.25. The van der Waals surface area contributed by atoms with E-state index in [-0.39, 0.29) is 5.75 Å². The number of phenolic OH excluding ortho intramolecular Hbond substituents is 1. The summed E-state index contributed by atoms with van der Waals surface area (Å²) in [6.45, 7) is 10.4. The Morgan fingerprint density at radius 3 is 2.58 bits per heavy atom. The highest BCUT2D eigenvalue weighted by atomic mass is 16.5. The first-order chi connectivity index (χ1) is 9.00. The first-order valence-electron chi connectivity index (χ1n) is 7.17. The zero-order valence-electron chi connectivity index (χ0n) is 12.3. The van der Waals surface area contributed by atoms with Gasteiger partial charge in [-0.3, -0.25) is 4.90 Å². The van der Waals surface area contributed by atoms with E-state index in [1.807, 2.05) is 19.1 Å². The minimum atomic E-state index is 0.227. The first kappa shape index (κ1) is 14.2. The molecule has 106 valence electrons. The van der Waals surface area contributed by atoms with Gasteiger partial charge in [0, 0.05) is 6.54 Å². The predicted octanol–water partition coefficient (Wildman–Crippen LogP) is 3.41. The van der Waals surface area contributed by atoms with Crippen molar-refractivity contribution in [2.75, 3.05) is 19.7 Å². The smallest absolute Gasteiger partial charge is 0.161 e. The van der Waals surface area contributed by atoms with Crippen molar-refractivity contribution < 1.29 is 9.84 Å². The van der Waals surface area contributed by atoms with Crippen LogP contribution >= 0.6 is 0 Å². The molecule has 0 amide bonds. The second-order valence-electron chi connectivity index (χ2n) is 6.18. The second kappa shape index (κ2) is 5.83. The summed E-state index contributed by atoms with van der Waals surface area (Å²) < 4.78 is 5.43. The highest BCUT2D eigenvalue weighted by Crippen LogP contribution is 2.31. The molecule has 0 aliphatic carbocycles. The lowest BCUT2D eigenvalue weighted by atomic mass is 9.82. The minimum Gasteiger partial charge on any atom is -0.504 e. The van der Waals surface area contributed by atoms with Gasteiger partial charge in [-0.1, -0.05) is 19.9 Å².